The number of nitrogens with zero attached hydrogens (tertiary/aromatic N) is 1. The summed E-state index contributed by atoms with van der Waals surface area (Å²) in [5, 5.41) is 37.8. The van der Waals surface area contributed by atoms with E-state index in [-0.39, 0.29) is 6.61 Å². The molecule has 0 saturated carbocycles. The molecule has 0 aromatic heterocycles. The monoisotopic (exact) mass is 177 g/mol. The fourth-order valence-corrected chi connectivity index (χ4v) is 1.12. The lowest BCUT2D eigenvalue weighted by Crippen LogP contribution is -2.34. The van der Waals surface area contributed by atoms with E-state index >= 15 is 0 Å². The summed E-state index contributed by atoms with van der Waals surface area (Å²) in [6.07, 6.45) is -3.01. The van der Waals surface area contributed by atoms with Crippen LogP contribution in [0.3, 0.4) is 0 Å². The second-order valence-corrected chi connectivity index (χ2v) is 2.57. The summed E-state index contributed by atoms with van der Waals surface area (Å²) < 4.78 is 4.92. The summed E-state index contributed by atoms with van der Waals surface area (Å²) in [6.45, 7) is -0.381. The van der Waals surface area contributed by atoms with E-state index in [1.54, 1.807) is 0 Å². The Kier molecular flexibility index (Phi) is 2.99. The summed E-state index contributed by atoms with van der Waals surface area (Å²) in [4.78, 5) is 0. The van der Waals surface area contributed by atoms with E-state index in [4.69, 9.17) is 15.1 Å². The second-order valence-electron chi connectivity index (χ2n) is 2.57. The smallest absolute Gasteiger partial charge is 0.125 e. The highest BCUT2D eigenvalue weighted by molar-refractivity contribution is 5.64. The van der Waals surface area contributed by atoms with Gasteiger partial charge in [-0.25, -0.2) is 0 Å². The van der Waals surface area contributed by atoms with E-state index in [2.05, 4.69) is 5.16 Å². The summed E-state index contributed by atoms with van der Waals surface area (Å²) in [5.74, 6) is 0. The van der Waals surface area contributed by atoms with E-state index < -0.39 is 24.4 Å². The minimum atomic E-state index is -1.15. The summed E-state index contributed by atoms with van der Waals surface area (Å²) in [5.41, 5.74) is 0. The van der Waals surface area contributed by atoms with Crippen molar-refractivity contribution in [1.29, 1.82) is 0 Å². The first kappa shape index (κ1) is 9.40. The van der Waals surface area contributed by atoms with Gasteiger partial charge in [0.2, 0.25) is 0 Å². The molecule has 12 heavy (non-hydrogen) atoms. The van der Waals surface area contributed by atoms with Crippen LogP contribution in [0.1, 0.15) is 0 Å². The highest BCUT2D eigenvalue weighted by Crippen LogP contribution is 2.19. The Balaban J connectivity index is 2.60. The highest BCUT2D eigenvalue weighted by atomic mass is 16.6. The first-order valence-electron chi connectivity index (χ1n) is 3.50. The fraction of sp³-hybridized carbons (Fsp3) is 0.833. The minimum absolute atomic E-state index is 0.381. The van der Waals surface area contributed by atoms with Gasteiger partial charge in [-0.3, -0.25) is 0 Å². The summed E-state index contributed by atoms with van der Waals surface area (Å²) >= 11 is 0. The van der Waals surface area contributed by atoms with Crippen LogP contribution < -0.4 is 0 Å². The number of hydrogen-bond acceptors (Lipinski definition) is 6. The van der Waals surface area contributed by atoms with Crippen LogP contribution in [0.2, 0.25) is 0 Å². The third-order valence-corrected chi connectivity index (χ3v) is 1.79. The fourth-order valence-electron chi connectivity index (χ4n) is 1.12. The molecule has 1 aliphatic heterocycles. The predicted octanol–water partition coefficient (Wildman–Crippen LogP) is -2.07. The van der Waals surface area contributed by atoms with Crippen LogP contribution in [-0.2, 0) is 4.74 Å². The van der Waals surface area contributed by atoms with Crippen molar-refractivity contribution in [1.82, 2.24) is 0 Å². The zero-order valence-corrected chi connectivity index (χ0v) is 6.24. The quantitative estimate of drug-likeness (QED) is 0.220. The van der Waals surface area contributed by atoms with Crippen molar-refractivity contribution in [3.8, 4) is 0 Å². The maximum atomic E-state index is 9.20. The molecule has 0 bridgehead atoms. The lowest BCUT2D eigenvalue weighted by molar-refractivity contribution is -0.00975. The van der Waals surface area contributed by atoms with E-state index in [0.717, 1.165) is 6.21 Å². The number of aliphatic hydroxyl groups excluding tert-OH is 3. The van der Waals surface area contributed by atoms with Crippen molar-refractivity contribution >= 4 is 6.21 Å². The van der Waals surface area contributed by atoms with Crippen molar-refractivity contribution in [2.45, 2.75) is 24.4 Å². The standard InChI is InChI=1S/C6H11NO5/c8-2-4-6(10)5(9)3(12-4)1-7-11/h1,3-6,8-11H,2H2/b7-1+/t3-,4+,5-,6+/m0/s1. The van der Waals surface area contributed by atoms with Crippen LogP contribution in [-0.4, -0.2) is 57.8 Å². The molecule has 1 aliphatic rings. The zero-order chi connectivity index (χ0) is 9.14. The van der Waals surface area contributed by atoms with Crippen molar-refractivity contribution in [3.63, 3.8) is 0 Å². The van der Waals surface area contributed by atoms with Crippen molar-refractivity contribution in [2.24, 2.45) is 5.16 Å². The molecule has 0 aliphatic carbocycles. The average Bonchev–Trinajstić information content (AvgIpc) is 2.33. The van der Waals surface area contributed by atoms with Crippen LogP contribution >= 0.6 is 0 Å². The number of oxime groups is 1. The summed E-state index contributed by atoms with van der Waals surface area (Å²) in [7, 11) is 0. The van der Waals surface area contributed by atoms with E-state index in [1.807, 2.05) is 0 Å². The van der Waals surface area contributed by atoms with E-state index in [0.29, 0.717) is 0 Å². The largest absolute Gasteiger partial charge is 0.411 e. The predicted molar refractivity (Wildman–Crippen MR) is 38.0 cm³/mol. The number of ether oxygens (including phenoxy) is 1. The van der Waals surface area contributed by atoms with Gasteiger partial charge in [0.1, 0.15) is 24.4 Å². The maximum Gasteiger partial charge on any atom is 0.125 e. The Bertz CT molecular complexity index is 173. The lowest BCUT2D eigenvalue weighted by atomic mass is 10.1. The average molecular weight is 177 g/mol. The van der Waals surface area contributed by atoms with Crippen molar-refractivity contribution < 1.29 is 25.3 Å². The van der Waals surface area contributed by atoms with Crippen molar-refractivity contribution in [2.75, 3.05) is 6.61 Å². The Morgan fingerprint density at radius 1 is 1.33 bits per heavy atom. The molecular weight excluding hydrogens is 166 g/mol. The zero-order valence-electron chi connectivity index (χ0n) is 6.24. The van der Waals surface area contributed by atoms with Gasteiger partial charge < -0.3 is 25.3 Å². The molecule has 1 rings (SSSR count). The minimum Gasteiger partial charge on any atom is -0.411 e. The molecule has 6 nitrogen and oxygen atoms in total. The Morgan fingerprint density at radius 3 is 2.42 bits per heavy atom. The molecule has 4 N–H and O–H groups in total. The highest BCUT2D eigenvalue weighted by Gasteiger charge is 2.41. The van der Waals surface area contributed by atoms with Crippen LogP contribution in [0.4, 0.5) is 0 Å². The van der Waals surface area contributed by atoms with Crippen LogP contribution in [0.25, 0.3) is 0 Å². The molecule has 0 amide bonds. The third kappa shape index (κ3) is 1.56. The molecule has 1 saturated heterocycles. The van der Waals surface area contributed by atoms with Gasteiger partial charge in [-0.2, -0.15) is 0 Å². The third-order valence-electron chi connectivity index (χ3n) is 1.79. The van der Waals surface area contributed by atoms with Gasteiger partial charge >= 0.3 is 0 Å². The van der Waals surface area contributed by atoms with Gasteiger partial charge in [-0.15, -0.1) is 0 Å². The number of hydrogen-bond donors (Lipinski definition) is 4. The first-order chi connectivity index (χ1) is 5.70. The molecule has 1 fully saturated rings. The molecule has 1 heterocycles. The van der Waals surface area contributed by atoms with E-state index in [1.165, 1.54) is 0 Å². The van der Waals surface area contributed by atoms with Gasteiger partial charge in [0, 0.05) is 0 Å². The maximum absolute atomic E-state index is 9.20. The topological polar surface area (TPSA) is 103 Å². The van der Waals surface area contributed by atoms with Gasteiger partial charge in [-0.1, -0.05) is 5.16 Å². The van der Waals surface area contributed by atoms with Gasteiger partial charge in [-0.05, 0) is 0 Å². The van der Waals surface area contributed by atoms with Crippen LogP contribution in [0, 0.1) is 0 Å². The van der Waals surface area contributed by atoms with Crippen molar-refractivity contribution in [3.05, 3.63) is 0 Å². The SMILES string of the molecule is OC[C@H]1O[C@@H](/C=N/O)[C@H](O)[C@@H]1O. The molecule has 0 unspecified atom stereocenters. The molecule has 6 heteroatoms. The van der Waals surface area contributed by atoms with E-state index in [9.17, 15) is 10.2 Å². The summed E-state index contributed by atoms with van der Waals surface area (Å²) in [6, 6.07) is 0. The molecular formula is C6H11NO5. The van der Waals surface area contributed by atoms with Crippen LogP contribution in [0.5, 0.6) is 0 Å². The molecule has 0 radical (unpaired) electrons. The molecule has 4 atom stereocenters. The number of rotatable bonds is 2. The van der Waals surface area contributed by atoms with Gasteiger partial charge in [0.05, 0.1) is 12.8 Å². The van der Waals surface area contributed by atoms with Gasteiger partial charge in [0.25, 0.3) is 0 Å². The lowest BCUT2D eigenvalue weighted by Gasteiger charge is -2.10. The Hall–Kier alpha value is -0.690. The molecule has 70 valence electrons. The Labute approximate surface area is 68.7 Å². The first-order valence-corrected chi connectivity index (χ1v) is 3.50. The van der Waals surface area contributed by atoms with Crippen LogP contribution in [0.15, 0.2) is 5.16 Å². The normalized spacial score (nSPS) is 42.6. The number of aliphatic hydroxyl groups is 3. The second kappa shape index (κ2) is 3.81. The molecule has 0 aromatic rings. The molecule has 0 aromatic carbocycles. The Morgan fingerprint density at radius 2 is 2.00 bits per heavy atom. The van der Waals surface area contributed by atoms with Gasteiger partial charge in [0.15, 0.2) is 0 Å². The molecule has 0 spiro atoms.